The van der Waals surface area contributed by atoms with E-state index < -0.39 is 5.97 Å². The molecule has 7 heteroatoms. The molecule has 2 aromatic carbocycles. The van der Waals surface area contributed by atoms with Crippen LogP contribution in [0.3, 0.4) is 0 Å². The number of nitrogens with zero attached hydrogens (tertiary/aromatic N) is 2. The molecule has 0 atom stereocenters. The number of aromatic nitrogens is 2. The Balaban J connectivity index is 1.75. The van der Waals surface area contributed by atoms with Crippen LogP contribution in [0.2, 0.25) is 5.02 Å². The van der Waals surface area contributed by atoms with Crippen molar-refractivity contribution in [2.45, 2.75) is 24.8 Å². The minimum absolute atomic E-state index is 0.00850. The fourth-order valence-electron chi connectivity index (χ4n) is 2.28. The number of carbonyl (C=O) groups excluding carboxylic acids is 1. The van der Waals surface area contributed by atoms with E-state index in [1.54, 1.807) is 18.2 Å². The minimum atomic E-state index is -0.639. The van der Waals surface area contributed by atoms with Gasteiger partial charge in [-0.05, 0) is 48.7 Å². The molecule has 1 heterocycles. The Morgan fingerprint density at radius 3 is 2.67 bits per heavy atom. The molecule has 4 nitrogen and oxygen atoms in total. The number of hydrogen-bond donors (Lipinski definition) is 0. The fraction of sp³-hybridized carbons (Fsp3) is 0.150. The van der Waals surface area contributed by atoms with E-state index in [1.807, 2.05) is 26.0 Å². The van der Waals surface area contributed by atoms with Gasteiger partial charge in [-0.15, -0.1) is 0 Å². The number of rotatable bonds is 5. The predicted octanol–water partition coefficient (Wildman–Crippen LogP) is 5.40. The van der Waals surface area contributed by atoms with Gasteiger partial charge in [0.25, 0.3) is 0 Å². The van der Waals surface area contributed by atoms with Crippen LogP contribution in [0.1, 0.15) is 27.2 Å². The zero-order valence-electron chi connectivity index (χ0n) is 14.7. The Kier molecular flexibility index (Phi) is 6.08. The number of aryl methyl sites for hydroxylation is 1. The lowest BCUT2D eigenvalue weighted by atomic mass is 10.1. The van der Waals surface area contributed by atoms with Crippen LogP contribution in [0.5, 0.6) is 5.75 Å². The van der Waals surface area contributed by atoms with Crippen LogP contribution in [-0.4, -0.2) is 15.9 Å². The molecule has 27 heavy (non-hydrogen) atoms. The summed E-state index contributed by atoms with van der Waals surface area (Å²) in [6, 6.07) is 11.6. The first-order chi connectivity index (χ1) is 12.9. The highest BCUT2D eigenvalue weighted by molar-refractivity contribution is 7.98. The van der Waals surface area contributed by atoms with Crippen molar-refractivity contribution in [1.82, 2.24) is 9.97 Å². The molecule has 0 N–H and O–H groups in total. The summed E-state index contributed by atoms with van der Waals surface area (Å²) >= 11 is 7.41. The molecule has 0 radical (unpaired) electrons. The fourth-order valence-corrected chi connectivity index (χ4v) is 3.21. The highest BCUT2D eigenvalue weighted by Gasteiger charge is 2.18. The lowest BCUT2D eigenvalue weighted by molar-refractivity contribution is 0.0726. The molecular weight excluding hydrogens is 387 g/mol. The van der Waals surface area contributed by atoms with E-state index in [0.717, 1.165) is 16.7 Å². The Hall–Kier alpha value is -2.44. The second-order valence-electron chi connectivity index (χ2n) is 5.85. The Morgan fingerprint density at radius 2 is 1.93 bits per heavy atom. The Bertz CT molecular complexity index is 980. The maximum Gasteiger partial charge on any atom is 0.364 e. The number of esters is 1. The largest absolute Gasteiger partial charge is 0.421 e. The van der Waals surface area contributed by atoms with Crippen LogP contribution in [0.4, 0.5) is 4.39 Å². The van der Waals surface area contributed by atoms with Crippen LogP contribution in [0.15, 0.2) is 53.8 Å². The number of thioether (sulfide) groups is 1. The quantitative estimate of drug-likeness (QED) is 0.247. The van der Waals surface area contributed by atoms with Gasteiger partial charge in [-0.1, -0.05) is 47.6 Å². The van der Waals surface area contributed by atoms with Gasteiger partial charge >= 0.3 is 5.97 Å². The van der Waals surface area contributed by atoms with Crippen molar-refractivity contribution in [3.8, 4) is 5.75 Å². The van der Waals surface area contributed by atoms with Crippen LogP contribution >= 0.6 is 23.4 Å². The van der Waals surface area contributed by atoms with E-state index in [4.69, 9.17) is 16.3 Å². The first-order valence-corrected chi connectivity index (χ1v) is 9.48. The van der Waals surface area contributed by atoms with Gasteiger partial charge in [-0.2, -0.15) is 0 Å². The second-order valence-corrected chi connectivity index (χ2v) is 7.20. The topological polar surface area (TPSA) is 52.1 Å². The summed E-state index contributed by atoms with van der Waals surface area (Å²) in [5, 5.41) is 0.507. The van der Waals surface area contributed by atoms with Crippen molar-refractivity contribution in [3.05, 3.63) is 81.9 Å². The number of benzene rings is 2. The number of carbonyl (C=O) groups is 1. The summed E-state index contributed by atoms with van der Waals surface area (Å²) in [5.41, 5.74) is 2.82. The first kappa shape index (κ1) is 19.3. The third-order valence-corrected chi connectivity index (χ3v) is 5.16. The summed E-state index contributed by atoms with van der Waals surface area (Å²) in [4.78, 5) is 20.9. The standard InChI is InChI=1S/C20H16ClFN2O2S/c1-12-4-3-5-17(13(12)2)26-19(25)18-16(21)10-23-20(24-18)27-11-14-6-8-15(22)9-7-14/h3-10H,11H2,1-2H3. The van der Waals surface area contributed by atoms with E-state index >= 15 is 0 Å². The molecule has 138 valence electrons. The molecular formula is C20H16ClFN2O2S. The minimum Gasteiger partial charge on any atom is -0.421 e. The van der Waals surface area contributed by atoms with E-state index in [0.29, 0.717) is 16.7 Å². The van der Waals surface area contributed by atoms with E-state index in [1.165, 1.54) is 30.1 Å². The summed E-state index contributed by atoms with van der Waals surface area (Å²) in [7, 11) is 0. The molecule has 0 saturated heterocycles. The average Bonchev–Trinajstić information content (AvgIpc) is 2.66. The molecule has 0 aliphatic rings. The molecule has 0 fully saturated rings. The summed E-state index contributed by atoms with van der Waals surface area (Å²) < 4.78 is 18.4. The number of halogens is 2. The van der Waals surface area contributed by atoms with Crippen molar-refractivity contribution < 1.29 is 13.9 Å². The lowest BCUT2D eigenvalue weighted by Gasteiger charge is -2.10. The van der Waals surface area contributed by atoms with E-state index in [-0.39, 0.29) is 16.5 Å². The first-order valence-electron chi connectivity index (χ1n) is 8.12. The van der Waals surface area contributed by atoms with Gasteiger partial charge in [0.1, 0.15) is 11.6 Å². The van der Waals surface area contributed by atoms with Crippen LogP contribution in [0.25, 0.3) is 0 Å². The van der Waals surface area contributed by atoms with Crippen LogP contribution in [-0.2, 0) is 5.75 Å². The third kappa shape index (κ3) is 4.84. The molecule has 0 aliphatic carbocycles. The Labute approximate surface area is 165 Å². The van der Waals surface area contributed by atoms with Gasteiger partial charge in [-0.3, -0.25) is 0 Å². The maximum atomic E-state index is 13.0. The van der Waals surface area contributed by atoms with Crippen molar-refractivity contribution in [1.29, 1.82) is 0 Å². The molecule has 0 unspecified atom stereocenters. The van der Waals surface area contributed by atoms with Gasteiger partial charge < -0.3 is 4.74 Å². The number of ether oxygens (including phenoxy) is 1. The summed E-state index contributed by atoms with van der Waals surface area (Å²) in [5.74, 6) is 0.0748. The third-order valence-electron chi connectivity index (χ3n) is 3.95. The van der Waals surface area contributed by atoms with Gasteiger partial charge in [-0.25, -0.2) is 19.2 Å². The predicted molar refractivity (Wildman–Crippen MR) is 104 cm³/mol. The average molecular weight is 403 g/mol. The van der Waals surface area contributed by atoms with Gasteiger partial charge in [0.2, 0.25) is 0 Å². The van der Waals surface area contributed by atoms with Crippen LogP contribution < -0.4 is 4.74 Å². The Morgan fingerprint density at radius 1 is 1.19 bits per heavy atom. The molecule has 0 bridgehead atoms. The van der Waals surface area contributed by atoms with Crippen molar-refractivity contribution in [2.75, 3.05) is 0 Å². The summed E-state index contributed by atoms with van der Waals surface area (Å²) in [6.45, 7) is 3.82. The molecule has 3 aromatic rings. The SMILES string of the molecule is Cc1cccc(OC(=O)c2nc(SCc3ccc(F)cc3)ncc2Cl)c1C. The van der Waals surface area contributed by atoms with Crippen molar-refractivity contribution >= 4 is 29.3 Å². The molecule has 0 spiro atoms. The maximum absolute atomic E-state index is 13.0. The van der Waals surface area contributed by atoms with Gasteiger partial charge in [0.15, 0.2) is 10.9 Å². The highest BCUT2D eigenvalue weighted by Crippen LogP contribution is 2.25. The lowest BCUT2D eigenvalue weighted by Crippen LogP contribution is -2.13. The molecule has 0 saturated carbocycles. The molecule has 0 aliphatic heterocycles. The highest BCUT2D eigenvalue weighted by atomic mass is 35.5. The summed E-state index contributed by atoms with van der Waals surface area (Å²) in [6.07, 6.45) is 1.38. The molecule has 3 rings (SSSR count). The van der Waals surface area contributed by atoms with E-state index in [9.17, 15) is 9.18 Å². The van der Waals surface area contributed by atoms with E-state index in [2.05, 4.69) is 9.97 Å². The van der Waals surface area contributed by atoms with Crippen LogP contribution in [0, 0.1) is 19.7 Å². The monoisotopic (exact) mass is 402 g/mol. The number of hydrogen-bond acceptors (Lipinski definition) is 5. The van der Waals surface area contributed by atoms with Crippen molar-refractivity contribution in [3.63, 3.8) is 0 Å². The second kappa shape index (κ2) is 8.50. The van der Waals surface area contributed by atoms with Gasteiger partial charge in [0, 0.05) is 5.75 Å². The zero-order chi connectivity index (χ0) is 19.4. The van der Waals surface area contributed by atoms with Crippen molar-refractivity contribution in [2.24, 2.45) is 0 Å². The normalized spacial score (nSPS) is 10.7. The zero-order valence-corrected chi connectivity index (χ0v) is 16.3. The molecule has 1 aromatic heterocycles. The smallest absolute Gasteiger partial charge is 0.364 e. The van der Waals surface area contributed by atoms with Gasteiger partial charge in [0.05, 0.1) is 11.2 Å². The molecule has 0 amide bonds.